The molecule has 0 spiro atoms. The Hall–Kier alpha value is -1.40. The van der Waals surface area contributed by atoms with Crippen LogP contribution in [0.15, 0.2) is 23.2 Å². The first-order chi connectivity index (χ1) is 7.06. The van der Waals surface area contributed by atoms with E-state index in [4.69, 9.17) is 5.41 Å². The van der Waals surface area contributed by atoms with Crippen molar-refractivity contribution < 1.29 is 0 Å². The lowest BCUT2D eigenvalue weighted by Gasteiger charge is -2.12. The zero-order chi connectivity index (χ0) is 11.4. The van der Waals surface area contributed by atoms with Crippen LogP contribution in [-0.2, 0) is 0 Å². The van der Waals surface area contributed by atoms with Gasteiger partial charge in [-0.1, -0.05) is 39.8 Å². The van der Waals surface area contributed by atoms with Crippen LogP contribution in [0.4, 0.5) is 5.69 Å². The van der Waals surface area contributed by atoms with E-state index in [2.05, 4.69) is 50.8 Å². The lowest BCUT2D eigenvalue weighted by atomic mass is 9.94. The molecule has 2 heteroatoms. The number of benzene rings is 1. The summed E-state index contributed by atoms with van der Waals surface area (Å²) in [7, 11) is 0. The molecule has 0 amide bonds. The van der Waals surface area contributed by atoms with Gasteiger partial charge in [0.15, 0.2) is 0 Å². The molecule has 0 bridgehead atoms. The number of aliphatic imine (C=N–C) groups is 1. The van der Waals surface area contributed by atoms with Crippen molar-refractivity contribution in [2.75, 3.05) is 0 Å². The minimum Gasteiger partial charge on any atom is -0.241 e. The van der Waals surface area contributed by atoms with Gasteiger partial charge < -0.3 is 0 Å². The van der Waals surface area contributed by atoms with Gasteiger partial charge >= 0.3 is 0 Å². The van der Waals surface area contributed by atoms with Crippen molar-refractivity contribution in [3.05, 3.63) is 29.3 Å². The second kappa shape index (κ2) is 4.90. The highest BCUT2D eigenvalue weighted by Crippen LogP contribution is 2.29. The average Bonchev–Trinajstić information content (AvgIpc) is 2.18. The molecule has 15 heavy (non-hydrogen) atoms. The molecular formula is C13H18N2. The SMILES string of the molecule is CC(C)c1ccc(N=C=N)c(C(C)C)c1. The van der Waals surface area contributed by atoms with Crippen molar-refractivity contribution in [1.29, 1.82) is 5.41 Å². The Morgan fingerprint density at radius 2 is 1.80 bits per heavy atom. The highest BCUT2D eigenvalue weighted by Gasteiger charge is 2.08. The molecule has 2 nitrogen and oxygen atoms in total. The van der Waals surface area contributed by atoms with Crippen molar-refractivity contribution in [3.63, 3.8) is 0 Å². The van der Waals surface area contributed by atoms with Crippen LogP contribution in [0.2, 0.25) is 0 Å². The topological polar surface area (TPSA) is 36.2 Å². The number of nitrogens with one attached hydrogen (secondary N) is 1. The summed E-state index contributed by atoms with van der Waals surface area (Å²) in [5.74, 6) is 0.955. The summed E-state index contributed by atoms with van der Waals surface area (Å²) in [6, 6.07) is 8.34. The van der Waals surface area contributed by atoms with E-state index in [-0.39, 0.29) is 0 Å². The Morgan fingerprint density at radius 3 is 2.27 bits per heavy atom. The molecule has 0 aliphatic rings. The maximum absolute atomic E-state index is 6.90. The van der Waals surface area contributed by atoms with Gasteiger partial charge in [0.25, 0.3) is 0 Å². The fraction of sp³-hybridized carbons (Fsp3) is 0.462. The van der Waals surface area contributed by atoms with E-state index in [0.29, 0.717) is 11.8 Å². The largest absolute Gasteiger partial charge is 0.241 e. The molecule has 0 saturated carbocycles. The van der Waals surface area contributed by atoms with Gasteiger partial charge in [0.1, 0.15) is 0 Å². The summed E-state index contributed by atoms with van der Waals surface area (Å²) in [6.07, 6.45) is 0. The molecular weight excluding hydrogens is 184 g/mol. The van der Waals surface area contributed by atoms with Gasteiger partial charge in [0.2, 0.25) is 0 Å². The van der Waals surface area contributed by atoms with Gasteiger partial charge in [-0.2, -0.15) is 4.99 Å². The summed E-state index contributed by atoms with van der Waals surface area (Å²) in [5.41, 5.74) is 3.38. The molecule has 0 heterocycles. The Kier molecular flexibility index (Phi) is 3.81. The van der Waals surface area contributed by atoms with E-state index in [1.165, 1.54) is 11.1 Å². The fourth-order valence-corrected chi connectivity index (χ4v) is 1.56. The second-order valence-corrected chi connectivity index (χ2v) is 4.35. The number of hydrogen-bond acceptors (Lipinski definition) is 2. The summed E-state index contributed by atoms with van der Waals surface area (Å²) < 4.78 is 0. The third-order valence-corrected chi connectivity index (χ3v) is 2.52. The van der Waals surface area contributed by atoms with Crippen LogP contribution in [0.25, 0.3) is 0 Å². The summed E-state index contributed by atoms with van der Waals surface area (Å²) in [4.78, 5) is 3.94. The summed E-state index contributed by atoms with van der Waals surface area (Å²) >= 11 is 0. The highest BCUT2D eigenvalue weighted by molar-refractivity contribution is 5.56. The monoisotopic (exact) mass is 202 g/mol. The minimum atomic E-state index is 0.427. The molecule has 0 atom stereocenters. The maximum Gasteiger partial charge on any atom is 0.0918 e. The highest BCUT2D eigenvalue weighted by atomic mass is 14.7. The Bertz CT molecular complexity index is 386. The third kappa shape index (κ3) is 2.77. The molecule has 0 saturated heterocycles. The first-order valence-corrected chi connectivity index (χ1v) is 5.32. The predicted octanol–water partition coefficient (Wildman–Crippen LogP) is 4.32. The lowest BCUT2D eigenvalue weighted by molar-refractivity contribution is 0.834. The Balaban J connectivity index is 3.26. The van der Waals surface area contributed by atoms with E-state index in [9.17, 15) is 0 Å². The van der Waals surface area contributed by atoms with Gasteiger partial charge in [0.05, 0.1) is 11.7 Å². The van der Waals surface area contributed by atoms with Crippen molar-refractivity contribution >= 4 is 11.7 Å². The molecule has 1 aromatic carbocycles. The van der Waals surface area contributed by atoms with Crippen LogP contribution in [0, 0.1) is 5.41 Å². The number of hydrogen-bond donors (Lipinski definition) is 1. The predicted molar refractivity (Wildman–Crippen MR) is 64.4 cm³/mol. The molecule has 0 aromatic heterocycles. The second-order valence-electron chi connectivity index (χ2n) is 4.35. The van der Waals surface area contributed by atoms with Crippen LogP contribution in [-0.4, -0.2) is 6.01 Å². The molecule has 1 N–H and O–H groups in total. The summed E-state index contributed by atoms with van der Waals surface area (Å²) in [5, 5.41) is 6.90. The maximum atomic E-state index is 6.90. The number of nitrogens with zero attached hydrogens (tertiary/aromatic N) is 1. The van der Waals surface area contributed by atoms with E-state index < -0.39 is 0 Å². The Labute approximate surface area is 91.6 Å². The number of rotatable bonds is 3. The molecule has 0 aliphatic heterocycles. The van der Waals surface area contributed by atoms with E-state index in [1.54, 1.807) is 0 Å². The fourth-order valence-electron chi connectivity index (χ4n) is 1.56. The quantitative estimate of drug-likeness (QED) is 0.709. The molecule has 1 rings (SSSR count). The van der Waals surface area contributed by atoms with Gasteiger partial charge in [0, 0.05) is 0 Å². The average molecular weight is 202 g/mol. The molecule has 0 aliphatic carbocycles. The van der Waals surface area contributed by atoms with Gasteiger partial charge in [-0.05, 0) is 29.0 Å². The first kappa shape index (κ1) is 11.7. The van der Waals surface area contributed by atoms with Gasteiger partial charge in [-0.3, -0.25) is 0 Å². The minimum absolute atomic E-state index is 0.427. The van der Waals surface area contributed by atoms with Gasteiger partial charge in [-0.15, -0.1) is 0 Å². The molecule has 80 valence electrons. The normalized spacial score (nSPS) is 10.5. The smallest absolute Gasteiger partial charge is 0.0918 e. The third-order valence-electron chi connectivity index (χ3n) is 2.52. The molecule has 0 fully saturated rings. The van der Waals surface area contributed by atoms with Crippen LogP contribution in [0.5, 0.6) is 0 Å². The molecule has 0 unspecified atom stereocenters. The van der Waals surface area contributed by atoms with Crippen LogP contribution in [0.1, 0.15) is 50.7 Å². The zero-order valence-corrected chi connectivity index (χ0v) is 9.83. The van der Waals surface area contributed by atoms with E-state index in [0.717, 1.165) is 5.69 Å². The van der Waals surface area contributed by atoms with Crippen molar-refractivity contribution in [2.45, 2.75) is 39.5 Å². The van der Waals surface area contributed by atoms with E-state index >= 15 is 0 Å². The first-order valence-electron chi connectivity index (χ1n) is 5.32. The Morgan fingerprint density at radius 1 is 1.13 bits per heavy atom. The van der Waals surface area contributed by atoms with Crippen molar-refractivity contribution in [1.82, 2.24) is 0 Å². The van der Waals surface area contributed by atoms with Crippen molar-refractivity contribution in [2.24, 2.45) is 4.99 Å². The summed E-state index contributed by atoms with van der Waals surface area (Å²) in [6.45, 7) is 8.64. The van der Waals surface area contributed by atoms with E-state index in [1.807, 2.05) is 6.07 Å². The zero-order valence-electron chi connectivity index (χ0n) is 9.83. The van der Waals surface area contributed by atoms with Gasteiger partial charge in [-0.25, -0.2) is 5.41 Å². The van der Waals surface area contributed by atoms with Crippen LogP contribution in [0.3, 0.4) is 0 Å². The molecule has 0 radical (unpaired) electrons. The van der Waals surface area contributed by atoms with Crippen molar-refractivity contribution in [3.8, 4) is 0 Å². The molecule has 1 aromatic rings. The van der Waals surface area contributed by atoms with Crippen LogP contribution < -0.4 is 0 Å². The van der Waals surface area contributed by atoms with Crippen LogP contribution >= 0.6 is 0 Å². The standard InChI is InChI=1S/C13H18N2/c1-9(2)11-5-6-13(15-8-14)12(7-11)10(3)4/h5-7,9-10,14H,1-4H3. The lowest BCUT2D eigenvalue weighted by Crippen LogP contribution is -1.93.